The van der Waals surface area contributed by atoms with Crippen LogP contribution in [0.3, 0.4) is 0 Å². The molecule has 7 nitrogen and oxygen atoms in total. The molecule has 96 valence electrons. The maximum Gasteiger partial charge on any atom is 0.332 e. The molecule has 7 heteroatoms. The van der Waals surface area contributed by atoms with E-state index in [1.165, 1.54) is 6.92 Å². The molecule has 2 atom stereocenters. The summed E-state index contributed by atoms with van der Waals surface area (Å²) in [5.41, 5.74) is 10.4. The molecule has 0 aromatic carbocycles. The molecular weight excluding hydrogens is 216 g/mol. The molecule has 0 aliphatic rings. The number of aliphatic hydroxyl groups excluding tert-OH is 1. The second-order valence-electron chi connectivity index (χ2n) is 3.24. The number of carboxylic acids is 2. The number of aliphatic hydroxyl groups is 1. The molecular formula is C9H20N2O5. The van der Waals surface area contributed by atoms with Crippen molar-refractivity contribution in [3.05, 3.63) is 0 Å². The smallest absolute Gasteiger partial charge is 0.332 e. The zero-order valence-corrected chi connectivity index (χ0v) is 9.30. The summed E-state index contributed by atoms with van der Waals surface area (Å²) in [5, 5.41) is 24.1. The number of carboxylic acid groups (broad SMARTS) is 2. The number of hydrogen-bond acceptors (Lipinski definition) is 5. The molecule has 0 unspecified atom stereocenters. The van der Waals surface area contributed by atoms with E-state index in [4.69, 9.17) is 26.8 Å². The minimum atomic E-state index is -1.23. The Balaban J connectivity index is 0. The molecule has 0 amide bonds. The SMILES string of the molecule is C[C@H](O)C(=O)O.NCCCC[C@H](N)C(=O)O. The summed E-state index contributed by atoms with van der Waals surface area (Å²) in [6.45, 7) is 1.80. The number of hydrogen-bond donors (Lipinski definition) is 5. The lowest BCUT2D eigenvalue weighted by atomic mass is 10.1. The number of aliphatic carboxylic acids is 2. The Morgan fingerprint density at radius 1 is 1.19 bits per heavy atom. The van der Waals surface area contributed by atoms with Crippen LogP contribution in [0.4, 0.5) is 0 Å². The van der Waals surface area contributed by atoms with Crippen molar-refractivity contribution in [3.8, 4) is 0 Å². The topological polar surface area (TPSA) is 147 Å². The molecule has 0 rings (SSSR count). The van der Waals surface area contributed by atoms with Crippen molar-refractivity contribution >= 4 is 11.9 Å². The fourth-order valence-corrected chi connectivity index (χ4v) is 0.632. The van der Waals surface area contributed by atoms with Crippen LogP contribution in [0, 0.1) is 0 Å². The first-order chi connectivity index (χ1) is 7.32. The first-order valence-electron chi connectivity index (χ1n) is 4.92. The van der Waals surface area contributed by atoms with Gasteiger partial charge in [-0.2, -0.15) is 0 Å². The van der Waals surface area contributed by atoms with Gasteiger partial charge in [0.2, 0.25) is 0 Å². The van der Waals surface area contributed by atoms with Crippen LogP contribution in [0.2, 0.25) is 0 Å². The highest BCUT2D eigenvalue weighted by atomic mass is 16.4. The summed E-state index contributed by atoms with van der Waals surface area (Å²) < 4.78 is 0. The normalized spacial score (nSPS) is 13.2. The first kappa shape index (κ1) is 17.2. The van der Waals surface area contributed by atoms with Crippen molar-refractivity contribution in [2.75, 3.05) is 6.54 Å². The number of nitrogens with two attached hydrogens (primary N) is 2. The van der Waals surface area contributed by atoms with Gasteiger partial charge < -0.3 is 26.8 Å². The summed E-state index contributed by atoms with van der Waals surface area (Å²) in [6, 6.07) is -0.716. The summed E-state index contributed by atoms with van der Waals surface area (Å²) in [4.78, 5) is 19.6. The van der Waals surface area contributed by atoms with Gasteiger partial charge in [-0.1, -0.05) is 6.42 Å². The van der Waals surface area contributed by atoms with E-state index in [0.29, 0.717) is 13.0 Å². The lowest BCUT2D eigenvalue weighted by Crippen LogP contribution is -2.29. The minimum absolute atomic E-state index is 0.520. The van der Waals surface area contributed by atoms with Crippen molar-refractivity contribution in [1.29, 1.82) is 0 Å². The lowest BCUT2D eigenvalue weighted by molar-refractivity contribution is -0.145. The van der Waals surface area contributed by atoms with E-state index >= 15 is 0 Å². The van der Waals surface area contributed by atoms with Gasteiger partial charge in [0.05, 0.1) is 0 Å². The van der Waals surface area contributed by atoms with Crippen LogP contribution in [0.15, 0.2) is 0 Å². The van der Waals surface area contributed by atoms with Crippen molar-refractivity contribution in [2.45, 2.75) is 38.3 Å². The van der Waals surface area contributed by atoms with Crippen LogP contribution in [0.1, 0.15) is 26.2 Å². The summed E-state index contributed by atoms with van der Waals surface area (Å²) in [5.74, 6) is -2.12. The molecule has 0 bridgehead atoms. The number of carbonyl (C=O) groups is 2. The average Bonchev–Trinajstić information content (AvgIpc) is 2.18. The molecule has 7 N–H and O–H groups in total. The molecule has 16 heavy (non-hydrogen) atoms. The highest BCUT2D eigenvalue weighted by Crippen LogP contribution is 1.96. The van der Waals surface area contributed by atoms with Crippen molar-refractivity contribution in [3.63, 3.8) is 0 Å². The molecule has 0 spiro atoms. The fraction of sp³-hybridized carbons (Fsp3) is 0.778. The number of rotatable bonds is 6. The van der Waals surface area contributed by atoms with E-state index in [-0.39, 0.29) is 0 Å². The second kappa shape index (κ2) is 10.3. The van der Waals surface area contributed by atoms with E-state index in [0.717, 1.165) is 12.8 Å². The predicted octanol–water partition coefficient (Wildman–Crippen LogP) is -1.02. The Labute approximate surface area is 94.1 Å². The van der Waals surface area contributed by atoms with E-state index in [1.807, 2.05) is 0 Å². The minimum Gasteiger partial charge on any atom is -0.480 e. The molecule has 0 saturated heterocycles. The zero-order chi connectivity index (χ0) is 13.1. The van der Waals surface area contributed by atoms with Gasteiger partial charge in [-0.05, 0) is 26.3 Å². The molecule has 0 fully saturated rings. The van der Waals surface area contributed by atoms with Crippen molar-refractivity contribution in [2.24, 2.45) is 11.5 Å². The quantitative estimate of drug-likeness (QED) is 0.371. The Morgan fingerprint density at radius 3 is 1.88 bits per heavy atom. The highest BCUT2D eigenvalue weighted by Gasteiger charge is 2.09. The van der Waals surface area contributed by atoms with Crippen LogP contribution in [0.5, 0.6) is 0 Å². The van der Waals surface area contributed by atoms with Crippen LogP contribution >= 0.6 is 0 Å². The molecule has 0 aliphatic heterocycles. The van der Waals surface area contributed by atoms with Gasteiger partial charge in [0.15, 0.2) is 0 Å². The third-order valence-corrected chi connectivity index (χ3v) is 1.64. The Bertz CT molecular complexity index is 208. The van der Waals surface area contributed by atoms with Gasteiger partial charge in [-0.25, -0.2) is 4.79 Å². The van der Waals surface area contributed by atoms with Gasteiger partial charge in [0, 0.05) is 0 Å². The molecule has 0 aromatic rings. The molecule has 0 aromatic heterocycles. The van der Waals surface area contributed by atoms with E-state index in [1.54, 1.807) is 0 Å². The van der Waals surface area contributed by atoms with Crippen LogP contribution in [-0.4, -0.2) is 45.9 Å². The van der Waals surface area contributed by atoms with E-state index in [2.05, 4.69) is 0 Å². The second-order valence-corrected chi connectivity index (χ2v) is 3.24. The van der Waals surface area contributed by atoms with Crippen LogP contribution in [0.25, 0.3) is 0 Å². The van der Waals surface area contributed by atoms with Gasteiger partial charge in [0.25, 0.3) is 0 Å². The average molecular weight is 236 g/mol. The van der Waals surface area contributed by atoms with Gasteiger partial charge in [-0.15, -0.1) is 0 Å². The van der Waals surface area contributed by atoms with E-state index < -0.39 is 24.1 Å². The zero-order valence-electron chi connectivity index (χ0n) is 9.30. The van der Waals surface area contributed by atoms with Crippen molar-refractivity contribution in [1.82, 2.24) is 0 Å². The largest absolute Gasteiger partial charge is 0.480 e. The molecule has 0 saturated carbocycles. The van der Waals surface area contributed by atoms with E-state index in [9.17, 15) is 9.59 Å². The highest BCUT2D eigenvalue weighted by molar-refractivity contribution is 5.72. The Morgan fingerprint density at radius 2 is 1.62 bits per heavy atom. The predicted molar refractivity (Wildman–Crippen MR) is 57.8 cm³/mol. The van der Waals surface area contributed by atoms with Crippen LogP contribution < -0.4 is 11.5 Å². The molecule has 0 radical (unpaired) electrons. The maximum absolute atomic E-state index is 10.1. The van der Waals surface area contributed by atoms with Gasteiger partial charge >= 0.3 is 11.9 Å². The summed E-state index contributed by atoms with van der Waals surface area (Å²) >= 11 is 0. The third kappa shape index (κ3) is 12.8. The standard InChI is InChI=1S/C6H14N2O2.C3H6O3/c7-4-2-1-3-5(8)6(9)10;1-2(4)3(5)6/h5H,1-4,7-8H2,(H,9,10);2,4H,1H3,(H,5,6)/t5-;2-/m00/s1. The first-order valence-corrected chi connectivity index (χ1v) is 4.92. The summed E-state index contributed by atoms with van der Waals surface area (Å²) in [7, 11) is 0. The third-order valence-electron chi connectivity index (χ3n) is 1.64. The monoisotopic (exact) mass is 236 g/mol. The van der Waals surface area contributed by atoms with Crippen LogP contribution in [-0.2, 0) is 9.59 Å². The number of unbranched alkanes of at least 4 members (excludes halogenated alkanes) is 1. The Hall–Kier alpha value is -1.18. The lowest BCUT2D eigenvalue weighted by Gasteiger charge is -2.03. The van der Waals surface area contributed by atoms with Crippen molar-refractivity contribution < 1.29 is 24.9 Å². The maximum atomic E-state index is 10.1. The van der Waals surface area contributed by atoms with Gasteiger partial charge in [-0.3, -0.25) is 4.79 Å². The molecule has 0 heterocycles. The Kier molecular flexibility index (Phi) is 11.1. The molecule has 0 aliphatic carbocycles. The summed E-state index contributed by atoms with van der Waals surface area (Å²) in [6.07, 6.45) is 0.933. The fourth-order valence-electron chi connectivity index (χ4n) is 0.632. The van der Waals surface area contributed by atoms with Gasteiger partial charge in [0.1, 0.15) is 12.1 Å².